The Kier molecular flexibility index (Phi) is 8.18. The topological polar surface area (TPSA) is 106 Å². The van der Waals surface area contributed by atoms with Gasteiger partial charge in [0, 0.05) is 18.5 Å². The third kappa shape index (κ3) is 6.40. The van der Waals surface area contributed by atoms with E-state index in [0.717, 1.165) is 12.4 Å². The number of carbonyl (C=O) groups excluding carboxylic acids is 2. The van der Waals surface area contributed by atoms with E-state index in [-0.39, 0.29) is 5.56 Å². The van der Waals surface area contributed by atoms with Crippen molar-refractivity contribution in [2.75, 3.05) is 18.8 Å². The molecule has 1 fully saturated rings. The molecule has 8 nitrogen and oxygen atoms in total. The van der Waals surface area contributed by atoms with Gasteiger partial charge in [-0.25, -0.2) is 18.3 Å². The summed E-state index contributed by atoms with van der Waals surface area (Å²) in [5.41, 5.74) is 2.09. The summed E-state index contributed by atoms with van der Waals surface area (Å²) in [5.74, 6) is -8.89. The number of nitrogens with one attached hydrogen (secondary N) is 1. The van der Waals surface area contributed by atoms with Crippen molar-refractivity contribution in [1.82, 2.24) is 24.8 Å². The minimum atomic E-state index is -5.81. The highest BCUT2D eigenvalue weighted by Crippen LogP contribution is 2.42. The third-order valence-electron chi connectivity index (χ3n) is 6.54. The number of alkyl halides is 10. The molecule has 3 heterocycles. The number of nitrogens with zero attached hydrogens (tertiary/aromatic N) is 4. The van der Waals surface area contributed by atoms with Crippen molar-refractivity contribution in [3.8, 4) is 11.3 Å². The van der Waals surface area contributed by atoms with Crippen molar-refractivity contribution in [3.05, 3.63) is 46.5 Å². The van der Waals surface area contributed by atoms with Crippen molar-refractivity contribution in [2.45, 2.75) is 37.2 Å². The summed E-state index contributed by atoms with van der Waals surface area (Å²) < 4.78 is 148. The Hall–Kier alpha value is -3.90. The Labute approximate surface area is 237 Å². The van der Waals surface area contributed by atoms with Crippen LogP contribution < -0.4 is 11.1 Å². The van der Waals surface area contributed by atoms with E-state index in [4.69, 9.17) is 17.3 Å². The molecule has 3 aromatic rings. The van der Waals surface area contributed by atoms with Crippen molar-refractivity contribution < 1.29 is 57.9 Å². The smallest absolute Gasteiger partial charge is 0.382 e. The zero-order chi connectivity index (χ0) is 32.2. The van der Waals surface area contributed by atoms with Gasteiger partial charge in [0.05, 0.1) is 34.4 Å². The zero-order valence-corrected chi connectivity index (χ0v) is 21.6. The van der Waals surface area contributed by atoms with Crippen LogP contribution in [0.4, 0.5) is 54.1 Å². The van der Waals surface area contributed by atoms with Crippen LogP contribution in [-0.2, 0) is 11.0 Å². The number of hydrogen-bond acceptors (Lipinski definition) is 5. The molecule has 3 N–H and O–H groups in total. The Morgan fingerprint density at radius 1 is 1.05 bits per heavy atom. The molecule has 1 aliphatic heterocycles. The van der Waals surface area contributed by atoms with Gasteiger partial charge < -0.3 is 16.0 Å². The number of nitrogens with two attached hydrogens (primary N) is 1. The second kappa shape index (κ2) is 11.0. The van der Waals surface area contributed by atoms with Crippen LogP contribution in [0, 0.1) is 11.7 Å². The molecule has 43 heavy (non-hydrogen) atoms. The van der Waals surface area contributed by atoms with Gasteiger partial charge in [-0.3, -0.25) is 9.59 Å². The lowest BCUT2D eigenvalue weighted by molar-refractivity contribution is -0.284. The number of nitrogen functional groups attached to an aromatic ring is 1. The maximum atomic E-state index is 14.8. The zero-order valence-electron chi connectivity index (χ0n) is 20.9. The summed E-state index contributed by atoms with van der Waals surface area (Å²) in [6.45, 7) is -1.81. The minimum Gasteiger partial charge on any atom is -0.382 e. The molecule has 1 aromatic carbocycles. The third-order valence-corrected chi connectivity index (χ3v) is 6.93. The van der Waals surface area contributed by atoms with Gasteiger partial charge in [0.2, 0.25) is 5.91 Å². The number of aromatic nitrogens is 3. The molecule has 2 atom stereocenters. The number of fused-ring (bicyclic) bond motifs is 1. The van der Waals surface area contributed by atoms with Crippen LogP contribution in [0.3, 0.4) is 0 Å². The van der Waals surface area contributed by atoms with E-state index in [1.165, 1.54) is 0 Å². The molecule has 20 heteroatoms. The van der Waals surface area contributed by atoms with Crippen LogP contribution in [0.5, 0.6) is 0 Å². The van der Waals surface area contributed by atoms with Gasteiger partial charge >= 0.3 is 18.5 Å². The van der Waals surface area contributed by atoms with Gasteiger partial charge in [-0.1, -0.05) is 11.6 Å². The molecule has 0 aliphatic carbocycles. The standard InChI is InChI=1S/C23H16ClF11N6O2/c24-17-9(1-8(2-11(17)25)14-3-10(21(27,28)29)18-19(36)37-7-38-41(14)18)20(43)39-13-6-40(5-12(13)26)16(42)4-15(22(30,31)32)23(33,34)35/h1-3,7,12-13,15H,4-6H2,(H,39,43)(H2,36,37,38)/t12-,13+/m0/s1. The molecular formula is C23H16ClF11N6O2. The number of anilines is 1. The van der Waals surface area contributed by atoms with E-state index in [1.807, 2.05) is 5.32 Å². The largest absolute Gasteiger partial charge is 0.418 e. The van der Waals surface area contributed by atoms with E-state index in [0.29, 0.717) is 21.5 Å². The lowest BCUT2D eigenvalue weighted by Crippen LogP contribution is -2.43. The normalized spacial score (nSPS) is 18.1. The number of amides is 2. The summed E-state index contributed by atoms with van der Waals surface area (Å²) >= 11 is 5.87. The summed E-state index contributed by atoms with van der Waals surface area (Å²) in [6, 6.07) is 0.389. The fourth-order valence-corrected chi connectivity index (χ4v) is 4.66. The van der Waals surface area contributed by atoms with E-state index in [9.17, 15) is 57.9 Å². The average Bonchev–Trinajstić information content (AvgIpc) is 3.44. The molecule has 2 aromatic heterocycles. The number of hydrogen-bond donors (Lipinski definition) is 2. The van der Waals surface area contributed by atoms with Crippen LogP contribution in [0.1, 0.15) is 22.3 Å². The highest BCUT2D eigenvalue weighted by Gasteiger charge is 2.57. The predicted octanol–water partition coefficient (Wildman–Crippen LogP) is 5.20. The Morgan fingerprint density at radius 2 is 1.67 bits per heavy atom. The molecule has 0 saturated carbocycles. The molecule has 234 valence electrons. The molecule has 2 amide bonds. The Bertz CT molecular complexity index is 1560. The molecule has 0 bridgehead atoms. The lowest BCUT2D eigenvalue weighted by Gasteiger charge is -2.25. The van der Waals surface area contributed by atoms with Gasteiger partial charge in [-0.05, 0) is 18.2 Å². The van der Waals surface area contributed by atoms with E-state index < -0.39 is 107 Å². The first-order valence-corrected chi connectivity index (χ1v) is 12.1. The first-order valence-electron chi connectivity index (χ1n) is 11.7. The van der Waals surface area contributed by atoms with Gasteiger partial charge in [0.1, 0.15) is 23.8 Å². The molecule has 0 radical (unpaired) electrons. The SMILES string of the molecule is Nc1ncnn2c(-c3cc(F)c(Cl)c(C(=O)N[C@@H]4CN(C(=O)CC(C(F)(F)F)C(F)(F)F)C[C@@H]4F)c3)cc(C(F)(F)F)c12. The van der Waals surface area contributed by atoms with Crippen LogP contribution in [0.2, 0.25) is 5.02 Å². The molecular weight excluding hydrogens is 637 g/mol. The number of carbonyl (C=O) groups is 2. The van der Waals surface area contributed by atoms with Gasteiger partial charge in [0.15, 0.2) is 11.7 Å². The first-order chi connectivity index (χ1) is 19.7. The van der Waals surface area contributed by atoms with Crippen LogP contribution in [0.25, 0.3) is 16.8 Å². The van der Waals surface area contributed by atoms with Gasteiger partial charge in [-0.2, -0.15) is 44.6 Å². The molecule has 4 rings (SSSR count). The highest BCUT2D eigenvalue weighted by atomic mass is 35.5. The van der Waals surface area contributed by atoms with E-state index in [2.05, 4.69) is 10.1 Å². The maximum Gasteiger partial charge on any atom is 0.418 e. The van der Waals surface area contributed by atoms with E-state index in [1.54, 1.807) is 0 Å². The highest BCUT2D eigenvalue weighted by molar-refractivity contribution is 6.34. The summed E-state index contributed by atoms with van der Waals surface area (Å²) in [4.78, 5) is 29.0. The van der Waals surface area contributed by atoms with Gasteiger partial charge in [-0.15, -0.1) is 0 Å². The van der Waals surface area contributed by atoms with Crippen LogP contribution in [0.15, 0.2) is 24.5 Å². The Balaban J connectivity index is 1.60. The van der Waals surface area contributed by atoms with Crippen molar-refractivity contribution in [3.63, 3.8) is 0 Å². The fraction of sp³-hybridized carbons (Fsp3) is 0.391. The van der Waals surface area contributed by atoms with Gasteiger partial charge in [0.25, 0.3) is 5.91 Å². The van der Waals surface area contributed by atoms with Crippen LogP contribution >= 0.6 is 11.6 Å². The molecule has 0 spiro atoms. The number of rotatable bonds is 5. The minimum absolute atomic E-state index is 0.355. The molecule has 1 saturated heterocycles. The number of likely N-dealkylation sites (tertiary alicyclic amines) is 1. The molecule has 1 aliphatic rings. The molecule has 0 unspecified atom stereocenters. The van der Waals surface area contributed by atoms with Crippen LogP contribution in [-0.4, -0.2) is 69.0 Å². The van der Waals surface area contributed by atoms with Crippen molar-refractivity contribution >= 4 is 34.7 Å². The fourth-order valence-electron chi connectivity index (χ4n) is 4.46. The summed E-state index contributed by atoms with van der Waals surface area (Å²) in [7, 11) is 0. The number of benzene rings is 1. The predicted molar refractivity (Wildman–Crippen MR) is 126 cm³/mol. The monoisotopic (exact) mass is 652 g/mol. The lowest BCUT2D eigenvalue weighted by atomic mass is 10.0. The van der Waals surface area contributed by atoms with E-state index >= 15 is 0 Å². The second-order valence-corrected chi connectivity index (χ2v) is 9.78. The summed E-state index contributed by atoms with van der Waals surface area (Å²) in [5, 5.41) is 4.86. The van der Waals surface area contributed by atoms with Crippen molar-refractivity contribution in [1.29, 1.82) is 0 Å². The Morgan fingerprint density at radius 3 is 2.26 bits per heavy atom. The summed E-state index contributed by atoms with van der Waals surface area (Å²) in [6.07, 6.45) is -20.0. The van der Waals surface area contributed by atoms with Crippen molar-refractivity contribution in [2.24, 2.45) is 5.92 Å². The number of halogens is 12. The maximum absolute atomic E-state index is 14.8. The quantitative estimate of drug-likeness (QED) is 0.369. The average molecular weight is 653 g/mol. The first kappa shape index (κ1) is 32.0. The second-order valence-electron chi connectivity index (χ2n) is 9.40.